The van der Waals surface area contributed by atoms with Gasteiger partial charge in [0.1, 0.15) is 5.54 Å². The second-order valence-electron chi connectivity index (χ2n) is 5.09. The molecule has 0 aliphatic rings. The standard InChI is InChI=1S/C16H17N3OS/c1-4-16(3,10-17)19-15(20)13-5-6-14(18-11(13)2)12-7-8-21-9-12/h5-9H,4H2,1-3H3,(H,19,20). The van der Waals surface area contributed by atoms with Crippen molar-refractivity contribution in [2.75, 3.05) is 0 Å². The van der Waals surface area contributed by atoms with E-state index in [1.165, 1.54) is 0 Å². The van der Waals surface area contributed by atoms with Crippen molar-refractivity contribution >= 4 is 17.2 Å². The highest BCUT2D eigenvalue weighted by Crippen LogP contribution is 2.21. The van der Waals surface area contributed by atoms with Gasteiger partial charge in [-0.1, -0.05) is 6.92 Å². The maximum absolute atomic E-state index is 12.3. The number of rotatable bonds is 4. The number of aryl methyl sites for hydroxylation is 1. The van der Waals surface area contributed by atoms with E-state index in [0.29, 0.717) is 17.7 Å². The third kappa shape index (κ3) is 3.29. The maximum Gasteiger partial charge on any atom is 0.254 e. The van der Waals surface area contributed by atoms with Gasteiger partial charge in [-0.15, -0.1) is 0 Å². The first-order valence-corrected chi connectivity index (χ1v) is 7.67. The van der Waals surface area contributed by atoms with Crippen LogP contribution in [0.15, 0.2) is 29.0 Å². The number of hydrogen-bond acceptors (Lipinski definition) is 4. The minimum Gasteiger partial charge on any atom is -0.334 e. The van der Waals surface area contributed by atoms with Gasteiger partial charge in [-0.25, -0.2) is 0 Å². The molecule has 0 saturated heterocycles. The highest BCUT2D eigenvalue weighted by Gasteiger charge is 2.25. The zero-order chi connectivity index (χ0) is 15.5. The Morgan fingerprint density at radius 2 is 2.24 bits per heavy atom. The van der Waals surface area contributed by atoms with Crippen molar-refractivity contribution < 1.29 is 4.79 Å². The van der Waals surface area contributed by atoms with Crippen molar-refractivity contribution in [3.05, 3.63) is 40.2 Å². The van der Waals surface area contributed by atoms with Crippen molar-refractivity contribution in [2.24, 2.45) is 0 Å². The number of carbonyl (C=O) groups excluding carboxylic acids is 1. The quantitative estimate of drug-likeness (QED) is 0.939. The molecule has 2 heterocycles. The fourth-order valence-corrected chi connectivity index (χ4v) is 2.53. The average molecular weight is 299 g/mol. The Bertz CT molecular complexity index is 688. The van der Waals surface area contributed by atoms with Crippen LogP contribution < -0.4 is 5.32 Å². The van der Waals surface area contributed by atoms with Crippen molar-refractivity contribution in [2.45, 2.75) is 32.7 Å². The minimum atomic E-state index is -0.852. The molecule has 1 N–H and O–H groups in total. The lowest BCUT2D eigenvalue weighted by molar-refractivity contribution is 0.0922. The van der Waals surface area contributed by atoms with Gasteiger partial charge in [0.25, 0.3) is 5.91 Å². The van der Waals surface area contributed by atoms with Crippen LogP contribution >= 0.6 is 11.3 Å². The van der Waals surface area contributed by atoms with Gasteiger partial charge in [0.05, 0.1) is 23.0 Å². The van der Waals surface area contributed by atoms with Gasteiger partial charge < -0.3 is 5.32 Å². The van der Waals surface area contributed by atoms with E-state index in [4.69, 9.17) is 5.26 Å². The minimum absolute atomic E-state index is 0.261. The molecule has 0 fully saturated rings. The van der Waals surface area contributed by atoms with Crippen LogP contribution in [0.5, 0.6) is 0 Å². The molecule has 0 aliphatic carbocycles. The molecule has 0 radical (unpaired) electrons. The van der Waals surface area contributed by atoms with Crippen LogP contribution in [0.3, 0.4) is 0 Å². The molecular weight excluding hydrogens is 282 g/mol. The molecule has 108 valence electrons. The summed E-state index contributed by atoms with van der Waals surface area (Å²) in [6.45, 7) is 5.39. The lowest BCUT2D eigenvalue weighted by Crippen LogP contribution is -2.44. The Labute approximate surface area is 128 Å². The molecule has 1 unspecified atom stereocenters. The van der Waals surface area contributed by atoms with Gasteiger partial charge in [0, 0.05) is 10.9 Å². The predicted octanol–water partition coefficient (Wildman–Crippen LogP) is 3.54. The van der Waals surface area contributed by atoms with Gasteiger partial charge in [0.2, 0.25) is 0 Å². The topological polar surface area (TPSA) is 65.8 Å². The van der Waals surface area contributed by atoms with Crippen molar-refractivity contribution in [1.29, 1.82) is 5.26 Å². The first kappa shape index (κ1) is 15.2. The molecule has 0 aromatic carbocycles. The van der Waals surface area contributed by atoms with E-state index in [1.807, 2.05) is 29.8 Å². The molecule has 5 heteroatoms. The second kappa shape index (κ2) is 6.06. The van der Waals surface area contributed by atoms with Crippen molar-refractivity contribution in [3.8, 4) is 17.3 Å². The van der Waals surface area contributed by atoms with E-state index < -0.39 is 5.54 Å². The summed E-state index contributed by atoms with van der Waals surface area (Å²) < 4.78 is 0. The first-order valence-electron chi connectivity index (χ1n) is 6.73. The van der Waals surface area contributed by atoms with Crippen LogP contribution in [0.2, 0.25) is 0 Å². The number of carbonyl (C=O) groups is 1. The predicted molar refractivity (Wildman–Crippen MR) is 84.1 cm³/mol. The molecule has 1 atom stereocenters. The SMILES string of the molecule is CCC(C)(C#N)NC(=O)c1ccc(-c2ccsc2)nc1C. The van der Waals surface area contributed by atoms with Crippen LogP contribution in [-0.2, 0) is 0 Å². The number of nitrogens with one attached hydrogen (secondary N) is 1. The molecule has 1 amide bonds. The summed E-state index contributed by atoms with van der Waals surface area (Å²) in [5.74, 6) is -0.261. The van der Waals surface area contributed by atoms with Gasteiger partial charge in [-0.05, 0) is 43.8 Å². The second-order valence-corrected chi connectivity index (χ2v) is 5.87. The van der Waals surface area contributed by atoms with Crippen LogP contribution in [0.25, 0.3) is 11.3 Å². The molecule has 2 rings (SSSR count). The largest absolute Gasteiger partial charge is 0.334 e. The number of amides is 1. The Morgan fingerprint density at radius 3 is 2.76 bits per heavy atom. The summed E-state index contributed by atoms with van der Waals surface area (Å²) in [6.07, 6.45) is 0.550. The number of nitrogens with zero attached hydrogens (tertiary/aromatic N) is 2. The van der Waals surface area contributed by atoms with E-state index in [0.717, 1.165) is 11.3 Å². The molecule has 0 spiro atoms. The summed E-state index contributed by atoms with van der Waals surface area (Å²) in [5.41, 5.74) is 2.21. The van der Waals surface area contributed by atoms with E-state index in [1.54, 1.807) is 31.3 Å². The molecule has 2 aromatic heterocycles. The molecule has 21 heavy (non-hydrogen) atoms. The molecule has 0 aliphatic heterocycles. The summed E-state index contributed by atoms with van der Waals surface area (Å²) in [4.78, 5) is 16.8. The molecule has 2 aromatic rings. The monoisotopic (exact) mass is 299 g/mol. The van der Waals surface area contributed by atoms with E-state index in [9.17, 15) is 4.79 Å². The van der Waals surface area contributed by atoms with E-state index in [2.05, 4.69) is 16.4 Å². The van der Waals surface area contributed by atoms with Crippen LogP contribution in [0, 0.1) is 18.3 Å². The number of thiophene rings is 1. The Morgan fingerprint density at radius 1 is 1.48 bits per heavy atom. The highest BCUT2D eigenvalue weighted by molar-refractivity contribution is 7.08. The number of hydrogen-bond donors (Lipinski definition) is 1. The van der Waals surface area contributed by atoms with Crippen LogP contribution in [0.4, 0.5) is 0 Å². The average Bonchev–Trinajstić information content (AvgIpc) is 3.01. The number of nitriles is 1. The zero-order valence-electron chi connectivity index (χ0n) is 12.3. The fraction of sp³-hybridized carbons (Fsp3) is 0.312. The first-order chi connectivity index (χ1) is 9.99. The summed E-state index contributed by atoms with van der Waals surface area (Å²) in [7, 11) is 0. The van der Waals surface area contributed by atoms with Crippen molar-refractivity contribution in [1.82, 2.24) is 10.3 Å². The van der Waals surface area contributed by atoms with Crippen LogP contribution in [-0.4, -0.2) is 16.4 Å². The number of pyridine rings is 1. The molecule has 0 saturated carbocycles. The summed E-state index contributed by atoms with van der Waals surface area (Å²) in [6, 6.07) is 7.72. The zero-order valence-corrected chi connectivity index (χ0v) is 13.1. The molecular formula is C16H17N3OS. The molecule has 4 nitrogen and oxygen atoms in total. The number of aromatic nitrogens is 1. The summed E-state index contributed by atoms with van der Waals surface area (Å²) in [5, 5.41) is 15.9. The van der Waals surface area contributed by atoms with E-state index >= 15 is 0 Å². The fourth-order valence-electron chi connectivity index (χ4n) is 1.89. The Kier molecular flexibility index (Phi) is 4.39. The lowest BCUT2D eigenvalue weighted by atomic mass is 10.00. The van der Waals surface area contributed by atoms with Gasteiger partial charge in [-0.3, -0.25) is 9.78 Å². The summed E-state index contributed by atoms with van der Waals surface area (Å²) >= 11 is 1.61. The molecule has 0 bridgehead atoms. The highest BCUT2D eigenvalue weighted by atomic mass is 32.1. The van der Waals surface area contributed by atoms with Gasteiger partial charge in [-0.2, -0.15) is 16.6 Å². The maximum atomic E-state index is 12.3. The Balaban J connectivity index is 2.26. The Hall–Kier alpha value is -2.19. The third-order valence-electron chi connectivity index (χ3n) is 3.49. The van der Waals surface area contributed by atoms with Crippen LogP contribution in [0.1, 0.15) is 36.3 Å². The van der Waals surface area contributed by atoms with Gasteiger partial charge >= 0.3 is 0 Å². The van der Waals surface area contributed by atoms with Crippen molar-refractivity contribution in [3.63, 3.8) is 0 Å². The van der Waals surface area contributed by atoms with E-state index in [-0.39, 0.29) is 5.91 Å². The lowest BCUT2D eigenvalue weighted by Gasteiger charge is -2.21. The normalized spacial score (nSPS) is 13.2. The third-order valence-corrected chi connectivity index (χ3v) is 4.17. The van der Waals surface area contributed by atoms with Gasteiger partial charge in [0.15, 0.2) is 0 Å². The smallest absolute Gasteiger partial charge is 0.254 e.